The maximum absolute atomic E-state index is 3.69. The molecular weight excluding hydrogens is 297 g/mol. The Hall–Kier alpha value is -0.0900. The van der Waals surface area contributed by atoms with Gasteiger partial charge in [-0.15, -0.1) is 0 Å². The Labute approximate surface area is 106 Å². The van der Waals surface area contributed by atoms with Crippen molar-refractivity contribution in [2.75, 3.05) is 0 Å². The molecule has 1 fully saturated rings. The lowest BCUT2D eigenvalue weighted by molar-refractivity contribution is 0.363. The van der Waals surface area contributed by atoms with E-state index >= 15 is 0 Å². The first kappa shape index (κ1) is 11.4. The van der Waals surface area contributed by atoms with Crippen LogP contribution >= 0.6 is 22.6 Å². The molecule has 1 nitrogen and oxygen atoms in total. The lowest BCUT2D eigenvalue weighted by Crippen LogP contribution is -2.38. The summed E-state index contributed by atoms with van der Waals surface area (Å²) in [6.45, 7) is 3.36. The number of nitrogens with one attached hydrogen (secondary N) is 1. The molecule has 0 aliphatic heterocycles. The van der Waals surface area contributed by atoms with E-state index in [1.165, 1.54) is 34.8 Å². The fourth-order valence-corrected chi connectivity index (χ4v) is 2.61. The minimum Gasteiger partial charge on any atom is -0.307 e. The van der Waals surface area contributed by atoms with Crippen molar-refractivity contribution in [2.45, 2.75) is 44.7 Å². The van der Waals surface area contributed by atoms with Gasteiger partial charge in [0.05, 0.1) is 0 Å². The fourth-order valence-electron chi connectivity index (χ4n) is 2.25. The number of hydrogen-bond acceptors (Lipinski definition) is 1. The maximum Gasteiger partial charge on any atom is 0.0210 e. The van der Waals surface area contributed by atoms with Gasteiger partial charge in [0.15, 0.2) is 0 Å². The van der Waals surface area contributed by atoms with Gasteiger partial charge >= 0.3 is 0 Å². The van der Waals surface area contributed by atoms with Crippen molar-refractivity contribution in [1.82, 2.24) is 5.32 Å². The zero-order valence-electron chi connectivity index (χ0n) is 9.22. The second kappa shape index (κ2) is 4.83. The second-order valence-electron chi connectivity index (χ2n) is 4.75. The van der Waals surface area contributed by atoms with E-state index in [1.54, 1.807) is 0 Å². The molecular formula is C13H18IN. The largest absolute Gasteiger partial charge is 0.307 e. The van der Waals surface area contributed by atoms with Crippen molar-refractivity contribution in [3.63, 3.8) is 0 Å². The molecule has 0 radical (unpaired) electrons. The topological polar surface area (TPSA) is 12.0 Å². The number of hydrogen-bond donors (Lipinski definition) is 1. The van der Waals surface area contributed by atoms with E-state index in [2.05, 4.69) is 59.1 Å². The first-order chi connectivity index (χ1) is 7.18. The summed E-state index contributed by atoms with van der Waals surface area (Å²) in [5.74, 6) is 0. The van der Waals surface area contributed by atoms with Crippen LogP contribution in [0.4, 0.5) is 0 Å². The Morgan fingerprint density at radius 3 is 2.40 bits per heavy atom. The van der Waals surface area contributed by atoms with Crippen molar-refractivity contribution < 1.29 is 0 Å². The van der Waals surface area contributed by atoms with Crippen molar-refractivity contribution >= 4 is 22.6 Å². The fraction of sp³-hybridized carbons (Fsp3) is 0.538. The monoisotopic (exact) mass is 315 g/mol. The second-order valence-corrected chi connectivity index (χ2v) is 5.99. The number of benzene rings is 1. The summed E-state index contributed by atoms with van der Waals surface area (Å²) in [7, 11) is 0. The standard InChI is InChI=1S/C13H18IN/c1-13(8-2-3-9-13)15-10-11-4-6-12(14)7-5-11/h4-7,15H,2-3,8-10H2,1H3. The average molecular weight is 315 g/mol. The zero-order valence-corrected chi connectivity index (χ0v) is 11.4. The molecule has 0 saturated heterocycles. The molecule has 2 rings (SSSR count). The van der Waals surface area contributed by atoms with Gasteiger partial charge in [-0.1, -0.05) is 25.0 Å². The first-order valence-corrected chi connectivity index (χ1v) is 6.75. The summed E-state index contributed by atoms with van der Waals surface area (Å²) >= 11 is 2.35. The molecule has 0 amide bonds. The molecule has 1 aliphatic carbocycles. The van der Waals surface area contributed by atoms with Gasteiger partial charge in [-0.3, -0.25) is 0 Å². The van der Waals surface area contributed by atoms with Crippen LogP contribution in [0.25, 0.3) is 0 Å². The minimum atomic E-state index is 0.392. The summed E-state index contributed by atoms with van der Waals surface area (Å²) in [6, 6.07) is 8.78. The lowest BCUT2D eigenvalue weighted by atomic mass is 10.0. The minimum absolute atomic E-state index is 0.392. The SMILES string of the molecule is CC1(NCc2ccc(I)cc2)CCCC1. The van der Waals surface area contributed by atoms with Crippen molar-refractivity contribution in [2.24, 2.45) is 0 Å². The Balaban J connectivity index is 1.90. The molecule has 0 heterocycles. The molecule has 2 heteroatoms. The molecule has 0 aromatic heterocycles. The van der Waals surface area contributed by atoms with Crippen molar-refractivity contribution in [1.29, 1.82) is 0 Å². The Bertz CT molecular complexity index is 312. The first-order valence-electron chi connectivity index (χ1n) is 5.67. The Kier molecular flexibility index (Phi) is 3.67. The smallest absolute Gasteiger partial charge is 0.0210 e. The summed E-state index contributed by atoms with van der Waals surface area (Å²) in [5, 5.41) is 3.69. The van der Waals surface area contributed by atoms with Crippen LogP contribution in [0.5, 0.6) is 0 Å². The van der Waals surface area contributed by atoms with Gasteiger partial charge in [-0.2, -0.15) is 0 Å². The molecule has 0 spiro atoms. The van der Waals surface area contributed by atoms with E-state index in [1.807, 2.05) is 0 Å². The lowest BCUT2D eigenvalue weighted by Gasteiger charge is -2.25. The predicted octanol–water partition coefficient (Wildman–Crippen LogP) is 3.71. The Morgan fingerprint density at radius 2 is 1.80 bits per heavy atom. The van der Waals surface area contributed by atoms with Crippen LogP contribution in [-0.4, -0.2) is 5.54 Å². The average Bonchev–Trinajstić information content (AvgIpc) is 2.65. The molecule has 15 heavy (non-hydrogen) atoms. The van der Waals surface area contributed by atoms with Gasteiger partial charge in [-0.25, -0.2) is 0 Å². The summed E-state index contributed by atoms with van der Waals surface area (Å²) in [5.41, 5.74) is 1.78. The molecule has 0 atom stereocenters. The van der Waals surface area contributed by atoms with Crippen LogP contribution < -0.4 is 5.32 Å². The van der Waals surface area contributed by atoms with Gasteiger partial charge in [0, 0.05) is 15.7 Å². The van der Waals surface area contributed by atoms with Gasteiger partial charge in [0.1, 0.15) is 0 Å². The highest BCUT2D eigenvalue weighted by molar-refractivity contribution is 14.1. The third-order valence-electron chi connectivity index (χ3n) is 3.34. The van der Waals surface area contributed by atoms with Crippen LogP contribution in [-0.2, 0) is 6.54 Å². The van der Waals surface area contributed by atoms with Crippen molar-refractivity contribution in [3.05, 3.63) is 33.4 Å². The predicted molar refractivity (Wildman–Crippen MR) is 72.9 cm³/mol. The molecule has 82 valence electrons. The summed E-state index contributed by atoms with van der Waals surface area (Å²) < 4.78 is 1.31. The van der Waals surface area contributed by atoms with E-state index in [0.717, 1.165) is 6.54 Å². The molecule has 1 aromatic rings. The third kappa shape index (κ3) is 3.18. The van der Waals surface area contributed by atoms with Crippen LogP contribution in [0.3, 0.4) is 0 Å². The van der Waals surface area contributed by atoms with E-state index in [4.69, 9.17) is 0 Å². The van der Waals surface area contributed by atoms with E-state index in [0.29, 0.717) is 5.54 Å². The number of rotatable bonds is 3. The normalized spacial score (nSPS) is 19.3. The highest BCUT2D eigenvalue weighted by atomic mass is 127. The molecule has 1 N–H and O–H groups in total. The van der Waals surface area contributed by atoms with E-state index < -0.39 is 0 Å². The summed E-state index contributed by atoms with van der Waals surface area (Å²) in [6.07, 6.45) is 5.43. The molecule has 0 unspecified atom stereocenters. The van der Waals surface area contributed by atoms with Crippen LogP contribution in [0.1, 0.15) is 38.2 Å². The van der Waals surface area contributed by atoms with E-state index in [-0.39, 0.29) is 0 Å². The van der Waals surface area contributed by atoms with Crippen LogP contribution in [0.2, 0.25) is 0 Å². The van der Waals surface area contributed by atoms with Gasteiger partial charge < -0.3 is 5.32 Å². The highest BCUT2D eigenvalue weighted by Crippen LogP contribution is 2.29. The zero-order chi connectivity index (χ0) is 10.7. The van der Waals surface area contributed by atoms with Gasteiger partial charge in [-0.05, 0) is 60.1 Å². The van der Waals surface area contributed by atoms with Gasteiger partial charge in [0.2, 0.25) is 0 Å². The molecule has 0 bridgehead atoms. The van der Waals surface area contributed by atoms with E-state index in [9.17, 15) is 0 Å². The molecule has 1 saturated carbocycles. The molecule has 1 aromatic carbocycles. The van der Waals surface area contributed by atoms with Crippen molar-refractivity contribution in [3.8, 4) is 0 Å². The summed E-state index contributed by atoms with van der Waals surface area (Å²) in [4.78, 5) is 0. The number of halogens is 1. The quantitative estimate of drug-likeness (QED) is 0.839. The van der Waals surface area contributed by atoms with Crippen LogP contribution in [0, 0.1) is 3.57 Å². The van der Waals surface area contributed by atoms with Crippen LogP contribution in [0.15, 0.2) is 24.3 Å². The third-order valence-corrected chi connectivity index (χ3v) is 4.06. The maximum atomic E-state index is 3.69. The Morgan fingerprint density at radius 1 is 1.20 bits per heavy atom. The molecule has 1 aliphatic rings. The highest BCUT2D eigenvalue weighted by Gasteiger charge is 2.27. The van der Waals surface area contributed by atoms with Gasteiger partial charge in [0.25, 0.3) is 0 Å².